The molecule has 2 aromatic heterocycles. The van der Waals surface area contributed by atoms with E-state index in [0.717, 1.165) is 12.8 Å². The highest BCUT2D eigenvalue weighted by molar-refractivity contribution is 6.40. The van der Waals surface area contributed by atoms with Crippen molar-refractivity contribution in [3.63, 3.8) is 0 Å². The van der Waals surface area contributed by atoms with Crippen molar-refractivity contribution in [2.75, 3.05) is 23.8 Å². The van der Waals surface area contributed by atoms with Crippen LogP contribution in [0.5, 0.6) is 0 Å². The molecule has 0 radical (unpaired) electrons. The summed E-state index contributed by atoms with van der Waals surface area (Å²) in [4.78, 5) is 29.3. The summed E-state index contributed by atoms with van der Waals surface area (Å²) in [7, 11) is 0. The zero-order chi connectivity index (χ0) is 21.8. The molecule has 1 aliphatic rings. The van der Waals surface area contributed by atoms with Crippen LogP contribution in [0.2, 0.25) is 10.0 Å². The molecule has 0 spiro atoms. The fourth-order valence-corrected chi connectivity index (χ4v) is 3.85. The molecule has 1 saturated heterocycles. The number of ether oxygens (including phenoxy) is 1. The smallest absolute Gasteiger partial charge is 0.260 e. The number of hydrogen-bond donors (Lipinski definition) is 2. The molecule has 4 rings (SSSR count). The van der Waals surface area contributed by atoms with Crippen LogP contribution in [0.15, 0.2) is 48.9 Å². The molecule has 0 saturated carbocycles. The number of nitrogens with zero attached hydrogens (tertiary/aromatic N) is 3. The summed E-state index contributed by atoms with van der Waals surface area (Å²) in [5.41, 5.74) is 1.03. The maximum absolute atomic E-state index is 12.6. The maximum atomic E-state index is 12.6. The van der Waals surface area contributed by atoms with E-state index in [0.29, 0.717) is 24.5 Å². The Balaban J connectivity index is 1.43. The molecule has 2 N–H and O–H groups in total. The van der Waals surface area contributed by atoms with Crippen molar-refractivity contribution in [3.8, 4) is 0 Å². The molecule has 31 heavy (non-hydrogen) atoms. The molecule has 1 aromatic carbocycles. The first-order valence-corrected chi connectivity index (χ1v) is 10.4. The van der Waals surface area contributed by atoms with Crippen LogP contribution in [0, 0.1) is 0 Å². The van der Waals surface area contributed by atoms with Gasteiger partial charge in [0.15, 0.2) is 0 Å². The first-order valence-electron chi connectivity index (χ1n) is 9.66. The van der Waals surface area contributed by atoms with Gasteiger partial charge in [-0.1, -0.05) is 29.3 Å². The van der Waals surface area contributed by atoms with Crippen molar-refractivity contribution < 1.29 is 14.3 Å². The van der Waals surface area contributed by atoms with E-state index in [2.05, 4.69) is 20.7 Å². The zero-order valence-corrected chi connectivity index (χ0v) is 17.9. The van der Waals surface area contributed by atoms with Gasteiger partial charge < -0.3 is 15.4 Å². The molecule has 3 heterocycles. The highest BCUT2D eigenvalue weighted by atomic mass is 35.5. The normalized spacial score (nSPS) is 14.3. The number of amides is 2. The van der Waals surface area contributed by atoms with Crippen molar-refractivity contribution in [2.24, 2.45) is 0 Å². The van der Waals surface area contributed by atoms with Gasteiger partial charge in [-0.25, -0.2) is 4.98 Å². The molecule has 2 amide bonds. The van der Waals surface area contributed by atoms with Crippen molar-refractivity contribution >= 4 is 46.5 Å². The summed E-state index contributed by atoms with van der Waals surface area (Å²) >= 11 is 12.2. The molecule has 1 aliphatic heterocycles. The second-order valence-electron chi connectivity index (χ2n) is 6.99. The Kier molecular flexibility index (Phi) is 6.50. The van der Waals surface area contributed by atoms with Gasteiger partial charge in [-0.3, -0.25) is 14.3 Å². The van der Waals surface area contributed by atoms with Crippen LogP contribution < -0.4 is 10.6 Å². The third-order valence-corrected chi connectivity index (χ3v) is 5.51. The van der Waals surface area contributed by atoms with E-state index >= 15 is 0 Å². The highest BCUT2D eigenvalue weighted by Crippen LogP contribution is 2.26. The molecule has 8 nitrogen and oxygen atoms in total. The molecule has 0 aliphatic carbocycles. The number of aromatic nitrogens is 3. The number of benzene rings is 1. The van der Waals surface area contributed by atoms with Gasteiger partial charge in [-0.2, -0.15) is 5.10 Å². The summed E-state index contributed by atoms with van der Waals surface area (Å²) in [5, 5.41) is 10.2. The Morgan fingerprint density at radius 3 is 2.55 bits per heavy atom. The standard InChI is InChI=1S/C21H19Cl2N5O3/c22-16-2-1-3-17(23)19(16)21(30)26-14-4-7-24-18(10-14)27-20(29)13-11-25-28(12-13)15-5-8-31-9-6-15/h1-4,7,10-12,15H,5-6,8-9H2,(H2,24,26,27,29,30). The fraction of sp³-hybridized carbons (Fsp3) is 0.238. The SMILES string of the molecule is O=C(Nc1cc(NC(=O)c2c(Cl)cccc2Cl)ccn1)c1cnn(C2CCOCC2)c1. The number of rotatable bonds is 5. The second-order valence-corrected chi connectivity index (χ2v) is 7.80. The average Bonchev–Trinajstić information content (AvgIpc) is 3.25. The predicted molar refractivity (Wildman–Crippen MR) is 118 cm³/mol. The van der Waals surface area contributed by atoms with Crippen LogP contribution in [0.1, 0.15) is 39.6 Å². The summed E-state index contributed by atoms with van der Waals surface area (Å²) in [5.74, 6) is -0.521. The van der Waals surface area contributed by atoms with Crippen LogP contribution in [-0.2, 0) is 4.74 Å². The maximum Gasteiger partial charge on any atom is 0.260 e. The van der Waals surface area contributed by atoms with E-state index in [1.54, 1.807) is 41.2 Å². The zero-order valence-electron chi connectivity index (χ0n) is 16.3. The lowest BCUT2D eigenvalue weighted by Gasteiger charge is -2.22. The molecule has 10 heteroatoms. The number of carbonyl (C=O) groups is 2. The van der Waals surface area contributed by atoms with Crippen molar-refractivity contribution in [1.29, 1.82) is 0 Å². The van der Waals surface area contributed by atoms with E-state index in [4.69, 9.17) is 27.9 Å². The van der Waals surface area contributed by atoms with Gasteiger partial charge >= 0.3 is 0 Å². The van der Waals surface area contributed by atoms with E-state index in [-0.39, 0.29) is 33.4 Å². The summed E-state index contributed by atoms with van der Waals surface area (Å²) in [6.07, 6.45) is 6.44. The van der Waals surface area contributed by atoms with Crippen LogP contribution in [0.3, 0.4) is 0 Å². The van der Waals surface area contributed by atoms with E-state index < -0.39 is 5.91 Å². The molecule has 0 unspecified atom stereocenters. The third kappa shape index (κ3) is 5.04. The lowest BCUT2D eigenvalue weighted by Crippen LogP contribution is -2.20. The van der Waals surface area contributed by atoms with Crippen LogP contribution in [0.25, 0.3) is 0 Å². The summed E-state index contributed by atoms with van der Waals surface area (Å²) < 4.78 is 7.16. The first-order chi connectivity index (χ1) is 15.0. The average molecular weight is 460 g/mol. The van der Waals surface area contributed by atoms with Gasteiger partial charge in [0.25, 0.3) is 11.8 Å². The largest absolute Gasteiger partial charge is 0.381 e. The third-order valence-electron chi connectivity index (χ3n) is 4.88. The first kappa shape index (κ1) is 21.3. The highest BCUT2D eigenvalue weighted by Gasteiger charge is 2.19. The number of hydrogen-bond acceptors (Lipinski definition) is 5. The summed E-state index contributed by atoms with van der Waals surface area (Å²) in [6.45, 7) is 1.38. The quantitative estimate of drug-likeness (QED) is 0.587. The minimum absolute atomic E-state index is 0.175. The van der Waals surface area contributed by atoms with Gasteiger partial charge in [-0.05, 0) is 31.0 Å². The molecular weight excluding hydrogens is 441 g/mol. The van der Waals surface area contributed by atoms with Gasteiger partial charge in [0, 0.05) is 37.4 Å². The van der Waals surface area contributed by atoms with Gasteiger partial charge in [0.1, 0.15) is 5.82 Å². The Labute approximate surface area is 188 Å². The molecular formula is C21H19Cl2N5O3. The second kappa shape index (κ2) is 9.47. The Hall–Kier alpha value is -2.94. The van der Waals surface area contributed by atoms with Crippen LogP contribution >= 0.6 is 23.2 Å². The minimum atomic E-state index is -0.461. The number of halogens is 2. The molecule has 1 fully saturated rings. The molecule has 160 valence electrons. The minimum Gasteiger partial charge on any atom is -0.381 e. The summed E-state index contributed by atoms with van der Waals surface area (Å²) in [6, 6.07) is 8.20. The molecule has 0 bridgehead atoms. The molecule has 0 atom stereocenters. The Morgan fingerprint density at radius 2 is 1.81 bits per heavy atom. The number of carbonyl (C=O) groups excluding carboxylic acids is 2. The van der Waals surface area contributed by atoms with Crippen molar-refractivity contribution in [2.45, 2.75) is 18.9 Å². The fourth-order valence-electron chi connectivity index (χ4n) is 3.28. The van der Waals surface area contributed by atoms with E-state index in [1.165, 1.54) is 12.4 Å². The topological polar surface area (TPSA) is 98.1 Å². The van der Waals surface area contributed by atoms with Crippen LogP contribution in [-0.4, -0.2) is 39.8 Å². The van der Waals surface area contributed by atoms with Crippen molar-refractivity contribution in [3.05, 3.63) is 70.1 Å². The number of pyridine rings is 1. The Morgan fingerprint density at radius 1 is 1.06 bits per heavy atom. The van der Waals surface area contributed by atoms with E-state index in [9.17, 15) is 9.59 Å². The lowest BCUT2D eigenvalue weighted by atomic mass is 10.1. The van der Waals surface area contributed by atoms with Gasteiger partial charge in [0.05, 0.1) is 33.4 Å². The lowest BCUT2D eigenvalue weighted by molar-refractivity contribution is 0.0662. The van der Waals surface area contributed by atoms with Gasteiger partial charge in [-0.15, -0.1) is 0 Å². The monoisotopic (exact) mass is 459 g/mol. The van der Waals surface area contributed by atoms with Crippen molar-refractivity contribution in [1.82, 2.24) is 14.8 Å². The Bertz CT molecular complexity index is 1090. The predicted octanol–water partition coefficient (Wildman–Crippen LogP) is 4.44. The molecule has 3 aromatic rings. The van der Waals surface area contributed by atoms with Gasteiger partial charge in [0.2, 0.25) is 0 Å². The van der Waals surface area contributed by atoms with E-state index in [1.807, 2.05) is 0 Å². The number of nitrogens with one attached hydrogen (secondary N) is 2. The number of anilines is 2. The van der Waals surface area contributed by atoms with Crippen LogP contribution in [0.4, 0.5) is 11.5 Å².